The Morgan fingerprint density at radius 2 is 1.62 bits per heavy atom. The summed E-state index contributed by atoms with van der Waals surface area (Å²) in [5.41, 5.74) is 2.44. The molecular weight excluding hydrogens is 332 g/mol. The maximum Gasteiger partial charge on any atom is 0.323 e. The molecule has 6 nitrogen and oxygen atoms in total. The number of amides is 2. The van der Waals surface area contributed by atoms with Crippen LogP contribution in [0.2, 0.25) is 0 Å². The topological polar surface area (TPSA) is 68.8 Å². The average molecular weight is 358 g/mol. The molecule has 0 aliphatic carbocycles. The minimum atomic E-state index is -0.338. The Balaban J connectivity index is 2.21. The summed E-state index contributed by atoms with van der Waals surface area (Å²) in [6.07, 6.45) is 0.993. The van der Waals surface area contributed by atoms with Crippen molar-refractivity contribution < 1.29 is 19.0 Å². The lowest BCUT2D eigenvalue weighted by atomic mass is 9.97. The number of carbonyl (C=O) groups is 1. The zero-order valence-corrected chi connectivity index (χ0v) is 15.9. The second-order valence-electron chi connectivity index (χ2n) is 5.89. The maximum absolute atomic E-state index is 12.5. The van der Waals surface area contributed by atoms with E-state index in [1.807, 2.05) is 24.3 Å². The van der Waals surface area contributed by atoms with E-state index in [4.69, 9.17) is 14.2 Å². The van der Waals surface area contributed by atoms with E-state index in [0.717, 1.165) is 17.7 Å². The van der Waals surface area contributed by atoms with Gasteiger partial charge in [0.15, 0.2) is 11.5 Å². The summed E-state index contributed by atoms with van der Waals surface area (Å²) in [5, 5.41) is 5.72. The monoisotopic (exact) mass is 358 g/mol. The van der Waals surface area contributed by atoms with Crippen LogP contribution in [0.15, 0.2) is 36.4 Å². The Morgan fingerprint density at radius 3 is 2.15 bits per heavy atom. The van der Waals surface area contributed by atoms with E-state index in [1.54, 1.807) is 12.1 Å². The molecule has 2 rings (SSSR count). The van der Waals surface area contributed by atoms with Gasteiger partial charge in [-0.3, -0.25) is 0 Å². The lowest BCUT2D eigenvalue weighted by Gasteiger charge is -2.17. The summed E-state index contributed by atoms with van der Waals surface area (Å²) in [4.78, 5) is 12.5. The van der Waals surface area contributed by atoms with Gasteiger partial charge in [-0.15, -0.1) is 0 Å². The third-order valence-corrected chi connectivity index (χ3v) is 4.27. The Bertz CT molecular complexity index is 736. The number of ether oxygens (including phenoxy) is 3. The zero-order valence-electron chi connectivity index (χ0n) is 15.9. The summed E-state index contributed by atoms with van der Waals surface area (Å²) in [6, 6.07) is 10.8. The van der Waals surface area contributed by atoms with Crippen molar-refractivity contribution >= 4 is 17.4 Å². The lowest BCUT2D eigenvalue weighted by molar-refractivity contribution is 0.262. The fourth-order valence-electron chi connectivity index (χ4n) is 2.70. The normalized spacial score (nSPS) is 11.4. The van der Waals surface area contributed by atoms with Crippen LogP contribution in [0, 0.1) is 0 Å². The minimum absolute atomic E-state index is 0.338. The SMILES string of the molecule is CCC(C)c1ccccc1NC(=O)Nc1cc(OC)c(OC)c(OC)c1. The first-order valence-electron chi connectivity index (χ1n) is 8.50. The van der Waals surface area contributed by atoms with E-state index in [-0.39, 0.29) is 6.03 Å². The molecule has 6 heteroatoms. The van der Waals surface area contributed by atoms with Gasteiger partial charge < -0.3 is 24.8 Å². The van der Waals surface area contributed by atoms with Crippen molar-refractivity contribution in [1.82, 2.24) is 0 Å². The number of rotatable bonds is 7. The second-order valence-corrected chi connectivity index (χ2v) is 5.89. The summed E-state index contributed by atoms with van der Waals surface area (Å²) < 4.78 is 15.9. The van der Waals surface area contributed by atoms with Gasteiger partial charge in [-0.25, -0.2) is 4.79 Å². The number of methoxy groups -OCH3 is 3. The Hall–Kier alpha value is -2.89. The van der Waals surface area contributed by atoms with Gasteiger partial charge in [0.05, 0.1) is 27.0 Å². The molecule has 1 atom stereocenters. The first kappa shape index (κ1) is 19.4. The third-order valence-electron chi connectivity index (χ3n) is 4.27. The molecule has 0 heterocycles. The van der Waals surface area contributed by atoms with Crippen LogP contribution in [-0.4, -0.2) is 27.4 Å². The molecule has 0 spiro atoms. The number of hydrogen-bond acceptors (Lipinski definition) is 4. The molecule has 1 unspecified atom stereocenters. The van der Waals surface area contributed by atoms with E-state index in [9.17, 15) is 4.79 Å². The highest BCUT2D eigenvalue weighted by atomic mass is 16.5. The standard InChI is InChI=1S/C20H26N2O4/c1-6-13(2)15-9-7-8-10-16(15)22-20(23)21-14-11-17(24-3)19(26-5)18(12-14)25-4/h7-13H,6H2,1-5H3,(H2,21,22,23). The average Bonchev–Trinajstić information content (AvgIpc) is 2.66. The van der Waals surface area contributed by atoms with Crippen molar-refractivity contribution in [3.05, 3.63) is 42.0 Å². The van der Waals surface area contributed by atoms with Gasteiger partial charge >= 0.3 is 6.03 Å². The molecule has 2 aromatic rings. The molecule has 2 N–H and O–H groups in total. The van der Waals surface area contributed by atoms with E-state index in [1.165, 1.54) is 21.3 Å². The molecule has 140 valence electrons. The number of anilines is 2. The molecule has 0 bridgehead atoms. The van der Waals surface area contributed by atoms with Crippen LogP contribution in [0.3, 0.4) is 0 Å². The Morgan fingerprint density at radius 1 is 1.00 bits per heavy atom. The van der Waals surface area contributed by atoms with Crippen molar-refractivity contribution in [2.75, 3.05) is 32.0 Å². The largest absolute Gasteiger partial charge is 0.493 e. The molecule has 0 aromatic heterocycles. The highest BCUT2D eigenvalue weighted by molar-refractivity contribution is 6.00. The predicted molar refractivity (Wildman–Crippen MR) is 104 cm³/mol. The van der Waals surface area contributed by atoms with Gasteiger partial charge in [-0.1, -0.05) is 32.0 Å². The first-order chi connectivity index (χ1) is 12.5. The number of carbonyl (C=O) groups excluding carboxylic acids is 1. The molecule has 0 aliphatic heterocycles. The maximum atomic E-state index is 12.5. The second kappa shape index (κ2) is 8.99. The number of hydrogen-bond donors (Lipinski definition) is 2. The fraction of sp³-hybridized carbons (Fsp3) is 0.350. The predicted octanol–water partition coefficient (Wildman–Crippen LogP) is 4.87. The van der Waals surface area contributed by atoms with Crippen molar-refractivity contribution in [2.24, 2.45) is 0 Å². The molecule has 0 fully saturated rings. The van der Waals surface area contributed by atoms with E-state index < -0.39 is 0 Å². The van der Waals surface area contributed by atoms with E-state index in [0.29, 0.717) is 28.9 Å². The molecular formula is C20H26N2O4. The van der Waals surface area contributed by atoms with Crippen molar-refractivity contribution in [1.29, 1.82) is 0 Å². The highest BCUT2D eigenvalue weighted by Crippen LogP contribution is 2.40. The first-order valence-corrected chi connectivity index (χ1v) is 8.50. The Labute approximate surface area is 154 Å². The van der Waals surface area contributed by atoms with Gasteiger partial charge in [0, 0.05) is 17.8 Å². The quantitative estimate of drug-likeness (QED) is 0.741. The molecule has 2 amide bonds. The van der Waals surface area contributed by atoms with Crippen molar-refractivity contribution in [3.8, 4) is 17.2 Å². The van der Waals surface area contributed by atoms with Crippen molar-refractivity contribution in [2.45, 2.75) is 26.2 Å². The van der Waals surface area contributed by atoms with Crippen molar-refractivity contribution in [3.63, 3.8) is 0 Å². The molecule has 0 radical (unpaired) electrons. The number of urea groups is 1. The van der Waals surface area contributed by atoms with Crippen LogP contribution in [0.4, 0.5) is 16.2 Å². The highest BCUT2D eigenvalue weighted by Gasteiger charge is 2.15. The Kier molecular flexibility index (Phi) is 6.72. The zero-order chi connectivity index (χ0) is 19.1. The van der Waals surface area contributed by atoms with Crippen LogP contribution < -0.4 is 24.8 Å². The third kappa shape index (κ3) is 4.39. The number of nitrogens with one attached hydrogen (secondary N) is 2. The summed E-state index contributed by atoms with van der Waals surface area (Å²) in [5.74, 6) is 1.78. The number of benzene rings is 2. The van der Waals surface area contributed by atoms with E-state index in [2.05, 4.69) is 24.5 Å². The number of para-hydroxylation sites is 1. The van der Waals surface area contributed by atoms with Crippen LogP contribution >= 0.6 is 0 Å². The van der Waals surface area contributed by atoms with Crippen LogP contribution in [0.5, 0.6) is 17.2 Å². The van der Waals surface area contributed by atoms with Gasteiger partial charge in [-0.2, -0.15) is 0 Å². The van der Waals surface area contributed by atoms with Crippen LogP contribution in [-0.2, 0) is 0 Å². The van der Waals surface area contributed by atoms with Gasteiger partial charge in [-0.05, 0) is 24.0 Å². The van der Waals surface area contributed by atoms with Crippen LogP contribution in [0.1, 0.15) is 31.7 Å². The summed E-state index contributed by atoms with van der Waals surface area (Å²) >= 11 is 0. The van der Waals surface area contributed by atoms with Gasteiger partial charge in [0.1, 0.15) is 0 Å². The van der Waals surface area contributed by atoms with E-state index >= 15 is 0 Å². The molecule has 26 heavy (non-hydrogen) atoms. The minimum Gasteiger partial charge on any atom is -0.493 e. The fourth-order valence-corrected chi connectivity index (χ4v) is 2.70. The molecule has 0 saturated carbocycles. The summed E-state index contributed by atoms with van der Waals surface area (Å²) in [6.45, 7) is 4.26. The molecule has 0 aliphatic rings. The van der Waals surface area contributed by atoms with Crippen LogP contribution in [0.25, 0.3) is 0 Å². The smallest absolute Gasteiger partial charge is 0.323 e. The van der Waals surface area contributed by atoms with Gasteiger partial charge in [0.2, 0.25) is 5.75 Å². The van der Waals surface area contributed by atoms with Gasteiger partial charge in [0.25, 0.3) is 0 Å². The lowest BCUT2D eigenvalue weighted by Crippen LogP contribution is -2.20. The molecule has 0 saturated heterocycles. The molecule has 2 aromatic carbocycles. The summed E-state index contributed by atoms with van der Waals surface area (Å²) in [7, 11) is 4.60.